The Labute approximate surface area is 230 Å². The topological polar surface area (TPSA) is 84.6 Å². The summed E-state index contributed by atoms with van der Waals surface area (Å²) in [6.07, 6.45) is 3.34. The summed E-state index contributed by atoms with van der Waals surface area (Å²) in [6.45, 7) is 5.98. The smallest absolute Gasteiger partial charge is 0.317 e. The lowest BCUT2D eigenvalue weighted by Crippen LogP contribution is -2.33. The molecule has 194 valence electrons. The number of nitrogens with one attached hydrogen (secondary N) is 1. The summed E-state index contributed by atoms with van der Waals surface area (Å²) in [5, 5.41) is 18.2. The summed E-state index contributed by atoms with van der Waals surface area (Å²) >= 11 is 12.9. The standard InChI is InChI=1S/C30H26Cl2N2O4/c1-17(2)28-21(27(34-38-28)26-23(31)5-4-6-24(26)32)16-37-20-10-7-18(8-11-20)19-9-12-22-25(15-19)33-14-13-30(22,3)29(35)36/h4-15,17,33H,16H2,1-3H3,(H,35,36). The van der Waals surface area contributed by atoms with Crippen LogP contribution in [0.4, 0.5) is 5.69 Å². The molecule has 1 atom stereocenters. The van der Waals surface area contributed by atoms with Gasteiger partial charge in [0.1, 0.15) is 29.2 Å². The Bertz CT molecular complexity index is 1520. The third kappa shape index (κ3) is 4.66. The minimum absolute atomic E-state index is 0.0916. The Kier molecular flexibility index (Phi) is 6.95. The van der Waals surface area contributed by atoms with Crippen LogP contribution < -0.4 is 10.1 Å². The molecular weight excluding hydrogens is 523 g/mol. The van der Waals surface area contributed by atoms with Crippen molar-refractivity contribution in [1.82, 2.24) is 5.16 Å². The van der Waals surface area contributed by atoms with E-state index in [0.717, 1.165) is 33.7 Å². The van der Waals surface area contributed by atoms with Gasteiger partial charge in [-0.05, 0) is 66.2 Å². The summed E-state index contributed by atoms with van der Waals surface area (Å²) in [6, 6.07) is 18.8. The average Bonchev–Trinajstić information content (AvgIpc) is 3.31. The van der Waals surface area contributed by atoms with Gasteiger partial charge in [0.2, 0.25) is 0 Å². The number of benzene rings is 3. The fraction of sp³-hybridized carbons (Fsp3) is 0.200. The van der Waals surface area contributed by atoms with E-state index < -0.39 is 11.4 Å². The SMILES string of the molecule is CC(C)c1onc(-c2c(Cl)cccc2Cl)c1COc1ccc(-c2ccc3c(c2)NC=CC3(C)C(=O)O)cc1. The van der Waals surface area contributed by atoms with Gasteiger partial charge in [0, 0.05) is 17.2 Å². The predicted octanol–water partition coefficient (Wildman–Crippen LogP) is 8.30. The fourth-order valence-corrected chi connectivity index (χ4v) is 5.18. The molecule has 0 spiro atoms. The van der Waals surface area contributed by atoms with Gasteiger partial charge in [-0.25, -0.2) is 0 Å². The number of carboxylic acid groups (broad SMARTS) is 1. The number of fused-ring (bicyclic) bond motifs is 1. The van der Waals surface area contributed by atoms with Crippen molar-refractivity contribution in [3.63, 3.8) is 0 Å². The number of carboxylic acids is 1. The number of hydrogen-bond donors (Lipinski definition) is 2. The van der Waals surface area contributed by atoms with Crippen LogP contribution in [-0.4, -0.2) is 16.2 Å². The van der Waals surface area contributed by atoms with Gasteiger partial charge >= 0.3 is 5.97 Å². The number of aliphatic carboxylic acids is 1. The normalized spacial score (nSPS) is 16.3. The molecule has 0 bridgehead atoms. The van der Waals surface area contributed by atoms with Gasteiger partial charge in [0.25, 0.3) is 0 Å². The highest BCUT2D eigenvalue weighted by Crippen LogP contribution is 2.40. The number of ether oxygens (including phenoxy) is 1. The van der Waals surface area contributed by atoms with Crippen LogP contribution in [0.5, 0.6) is 5.75 Å². The van der Waals surface area contributed by atoms with Crippen LogP contribution in [0.1, 0.15) is 43.6 Å². The highest BCUT2D eigenvalue weighted by molar-refractivity contribution is 6.39. The van der Waals surface area contributed by atoms with Crippen molar-refractivity contribution in [1.29, 1.82) is 0 Å². The Balaban J connectivity index is 1.38. The highest BCUT2D eigenvalue weighted by Gasteiger charge is 2.36. The second kappa shape index (κ2) is 10.2. The van der Waals surface area contributed by atoms with Crippen molar-refractivity contribution in [3.05, 3.63) is 99.9 Å². The number of aromatic nitrogens is 1. The van der Waals surface area contributed by atoms with Gasteiger partial charge < -0.3 is 19.7 Å². The van der Waals surface area contributed by atoms with Crippen LogP contribution in [0, 0.1) is 0 Å². The molecule has 4 aromatic rings. The first-order valence-corrected chi connectivity index (χ1v) is 12.9. The van der Waals surface area contributed by atoms with Crippen LogP contribution in [0.15, 0.2) is 77.5 Å². The van der Waals surface area contributed by atoms with Crippen molar-refractivity contribution < 1.29 is 19.2 Å². The molecule has 2 N–H and O–H groups in total. The van der Waals surface area contributed by atoms with Gasteiger partial charge in [-0.15, -0.1) is 0 Å². The molecular formula is C30H26Cl2N2O4. The van der Waals surface area contributed by atoms with Crippen LogP contribution in [0.2, 0.25) is 10.0 Å². The lowest BCUT2D eigenvalue weighted by atomic mass is 9.79. The molecule has 1 aliphatic rings. The van der Waals surface area contributed by atoms with Crippen LogP contribution in [-0.2, 0) is 16.8 Å². The Morgan fingerprint density at radius 1 is 1.08 bits per heavy atom. The molecule has 8 heteroatoms. The van der Waals surface area contributed by atoms with Crippen molar-refractivity contribution in [2.24, 2.45) is 0 Å². The summed E-state index contributed by atoms with van der Waals surface area (Å²) in [5.41, 5.74) is 4.36. The second-order valence-electron chi connectivity index (χ2n) is 9.68. The summed E-state index contributed by atoms with van der Waals surface area (Å²) in [5.74, 6) is 0.600. The van der Waals surface area contributed by atoms with Crippen molar-refractivity contribution in [2.45, 2.75) is 38.7 Å². The lowest BCUT2D eigenvalue weighted by Gasteiger charge is -2.28. The minimum Gasteiger partial charge on any atom is -0.489 e. The van der Waals surface area contributed by atoms with Crippen LogP contribution in [0.3, 0.4) is 0 Å². The molecule has 0 fully saturated rings. The molecule has 6 nitrogen and oxygen atoms in total. The van der Waals surface area contributed by atoms with Crippen molar-refractivity contribution in [2.75, 3.05) is 5.32 Å². The third-order valence-electron chi connectivity index (χ3n) is 6.79. The molecule has 5 rings (SSSR count). The average molecular weight is 549 g/mol. The van der Waals surface area contributed by atoms with Gasteiger partial charge in [-0.1, -0.05) is 72.5 Å². The predicted molar refractivity (Wildman–Crippen MR) is 150 cm³/mol. The molecule has 3 aromatic carbocycles. The Hall–Kier alpha value is -3.74. The number of hydrogen-bond acceptors (Lipinski definition) is 5. The zero-order valence-corrected chi connectivity index (χ0v) is 22.6. The number of halogens is 2. The molecule has 0 radical (unpaired) electrons. The van der Waals surface area contributed by atoms with E-state index in [1.807, 2.05) is 56.3 Å². The minimum atomic E-state index is -1.07. The molecule has 2 heterocycles. The van der Waals surface area contributed by atoms with Crippen LogP contribution in [0.25, 0.3) is 22.4 Å². The third-order valence-corrected chi connectivity index (χ3v) is 7.42. The second-order valence-corrected chi connectivity index (χ2v) is 10.5. The van der Waals surface area contributed by atoms with Crippen LogP contribution >= 0.6 is 23.2 Å². The van der Waals surface area contributed by atoms with Crippen molar-refractivity contribution >= 4 is 34.9 Å². The van der Waals surface area contributed by atoms with E-state index in [9.17, 15) is 9.90 Å². The quantitative estimate of drug-likeness (QED) is 0.241. The highest BCUT2D eigenvalue weighted by atomic mass is 35.5. The largest absolute Gasteiger partial charge is 0.489 e. The Morgan fingerprint density at radius 3 is 2.42 bits per heavy atom. The number of rotatable bonds is 7. The molecule has 1 unspecified atom stereocenters. The maximum absolute atomic E-state index is 11.9. The zero-order valence-electron chi connectivity index (χ0n) is 21.1. The van der Waals surface area contributed by atoms with E-state index in [2.05, 4.69) is 10.5 Å². The van der Waals surface area contributed by atoms with E-state index in [0.29, 0.717) is 27.1 Å². The fourth-order valence-electron chi connectivity index (χ4n) is 4.61. The molecule has 0 amide bonds. The van der Waals surface area contributed by atoms with E-state index in [4.69, 9.17) is 32.5 Å². The maximum Gasteiger partial charge on any atom is 0.317 e. The lowest BCUT2D eigenvalue weighted by molar-refractivity contribution is -0.141. The first kappa shape index (κ1) is 25.9. The van der Waals surface area contributed by atoms with Gasteiger partial charge in [0.15, 0.2) is 0 Å². The van der Waals surface area contributed by atoms with E-state index in [-0.39, 0.29) is 12.5 Å². The van der Waals surface area contributed by atoms with E-state index >= 15 is 0 Å². The van der Waals surface area contributed by atoms with Gasteiger partial charge in [-0.2, -0.15) is 0 Å². The van der Waals surface area contributed by atoms with Gasteiger partial charge in [-0.3, -0.25) is 4.79 Å². The van der Waals surface area contributed by atoms with Gasteiger partial charge in [0.05, 0.1) is 15.6 Å². The van der Waals surface area contributed by atoms with E-state index in [1.165, 1.54) is 0 Å². The first-order valence-electron chi connectivity index (χ1n) is 12.2. The molecule has 38 heavy (non-hydrogen) atoms. The zero-order chi connectivity index (χ0) is 27.0. The molecule has 0 saturated heterocycles. The Morgan fingerprint density at radius 2 is 1.76 bits per heavy atom. The molecule has 0 saturated carbocycles. The first-order chi connectivity index (χ1) is 18.2. The van der Waals surface area contributed by atoms with E-state index in [1.54, 1.807) is 37.4 Å². The number of carbonyl (C=O) groups is 1. The maximum atomic E-state index is 11.9. The van der Waals surface area contributed by atoms with Crippen molar-refractivity contribution in [3.8, 4) is 28.1 Å². The monoisotopic (exact) mass is 548 g/mol. The number of anilines is 1. The summed E-state index contributed by atoms with van der Waals surface area (Å²) < 4.78 is 11.8. The molecule has 1 aliphatic heterocycles. The molecule has 1 aromatic heterocycles. The summed E-state index contributed by atoms with van der Waals surface area (Å²) in [7, 11) is 0. The summed E-state index contributed by atoms with van der Waals surface area (Å²) in [4.78, 5) is 11.9. The number of nitrogens with zero attached hydrogens (tertiary/aromatic N) is 1. The molecule has 0 aliphatic carbocycles.